The summed E-state index contributed by atoms with van der Waals surface area (Å²) in [5, 5.41) is 0. The molecule has 0 radical (unpaired) electrons. The van der Waals surface area contributed by atoms with Crippen LogP contribution in [0.15, 0.2) is 54.6 Å². The summed E-state index contributed by atoms with van der Waals surface area (Å²) >= 11 is 0. The van der Waals surface area contributed by atoms with Gasteiger partial charge >= 0.3 is 0 Å². The first-order chi connectivity index (χ1) is 14.0. The zero-order chi connectivity index (χ0) is 21.0. The van der Waals surface area contributed by atoms with Crippen LogP contribution in [0, 0.1) is 0 Å². The van der Waals surface area contributed by atoms with Gasteiger partial charge in [-0.15, -0.1) is 0 Å². The van der Waals surface area contributed by atoms with Crippen molar-refractivity contribution in [1.29, 1.82) is 0 Å². The molecule has 0 aromatic heterocycles. The van der Waals surface area contributed by atoms with Crippen LogP contribution >= 0.6 is 0 Å². The van der Waals surface area contributed by atoms with E-state index in [-0.39, 0.29) is 11.2 Å². The van der Waals surface area contributed by atoms with Gasteiger partial charge in [0.2, 0.25) is 0 Å². The number of benzene rings is 2. The molecule has 0 bridgehead atoms. The quantitative estimate of drug-likeness (QED) is 0.232. The Kier molecular flexibility index (Phi) is 10.2. The van der Waals surface area contributed by atoms with Crippen LogP contribution in [0.25, 0.3) is 0 Å². The van der Waals surface area contributed by atoms with Crippen LogP contribution in [0.3, 0.4) is 0 Å². The number of rotatable bonds is 14. The van der Waals surface area contributed by atoms with E-state index in [2.05, 4.69) is 32.9 Å². The average molecular weight is 393 g/mol. The molecule has 0 saturated carbocycles. The fourth-order valence-electron chi connectivity index (χ4n) is 4.03. The Bertz CT molecular complexity index is 697. The molecule has 0 aliphatic heterocycles. The third-order valence-electron chi connectivity index (χ3n) is 6.12. The van der Waals surface area contributed by atoms with Gasteiger partial charge in [-0.3, -0.25) is 4.79 Å². The predicted molar refractivity (Wildman–Crippen MR) is 126 cm³/mol. The average Bonchev–Trinajstić information content (AvgIpc) is 2.75. The molecular weight excluding hydrogens is 352 g/mol. The van der Waals surface area contributed by atoms with Crippen LogP contribution < -0.4 is 0 Å². The van der Waals surface area contributed by atoms with Crippen LogP contribution in [0.4, 0.5) is 0 Å². The van der Waals surface area contributed by atoms with Crippen molar-refractivity contribution in [2.75, 3.05) is 0 Å². The van der Waals surface area contributed by atoms with Crippen molar-refractivity contribution in [2.24, 2.45) is 0 Å². The van der Waals surface area contributed by atoms with E-state index >= 15 is 0 Å². The second-order valence-corrected chi connectivity index (χ2v) is 9.09. The van der Waals surface area contributed by atoms with Crippen LogP contribution in [-0.2, 0) is 5.41 Å². The smallest absolute Gasteiger partial charge is 0.193 e. The highest BCUT2D eigenvalue weighted by molar-refractivity contribution is 6.08. The second kappa shape index (κ2) is 12.6. The molecular formula is C28H40O. The van der Waals surface area contributed by atoms with Crippen molar-refractivity contribution in [3.63, 3.8) is 0 Å². The molecule has 2 rings (SSSR count). The Morgan fingerprint density at radius 1 is 0.655 bits per heavy atom. The first-order valence-electron chi connectivity index (χ1n) is 11.7. The first-order valence-corrected chi connectivity index (χ1v) is 11.7. The minimum Gasteiger partial charge on any atom is -0.289 e. The Morgan fingerprint density at radius 2 is 1.14 bits per heavy atom. The van der Waals surface area contributed by atoms with Crippen molar-refractivity contribution in [3.05, 3.63) is 71.3 Å². The standard InChI is InChI=1S/C28H40O/c1-4-5-6-7-8-9-10-11-12-16-23-28(2,3)26-21-19-25(20-22-26)27(29)24-17-14-13-15-18-24/h13-15,17-22H,4-12,16,23H2,1-3H3. The second-order valence-electron chi connectivity index (χ2n) is 9.09. The minimum absolute atomic E-state index is 0.102. The number of carbonyl (C=O) groups excluding carboxylic acids is 1. The van der Waals surface area contributed by atoms with Crippen molar-refractivity contribution in [3.8, 4) is 0 Å². The molecule has 0 atom stereocenters. The summed E-state index contributed by atoms with van der Waals surface area (Å²) in [4.78, 5) is 12.6. The molecule has 0 fully saturated rings. The van der Waals surface area contributed by atoms with Gasteiger partial charge in [0.1, 0.15) is 0 Å². The monoisotopic (exact) mass is 392 g/mol. The SMILES string of the molecule is CCCCCCCCCCCCC(C)(C)c1ccc(C(=O)c2ccccc2)cc1. The van der Waals surface area contributed by atoms with E-state index in [1.165, 1.54) is 76.2 Å². The third kappa shape index (κ3) is 8.17. The van der Waals surface area contributed by atoms with Crippen LogP contribution in [0.2, 0.25) is 0 Å². The Labute approximate surface area is 178 Å². The van der Waals surface area contributed by atoms with Gasteiger partial charge in [-0.05, 0) is 17.4 Å². The van der Waals surface area contributed by atoms with Gasteiger partial charge in [0.15, 0.2) is 5.78 Å². The van der Waals surface area contributed by atoms with Gasteiger partial charge in [-0.1, -0.05) is 140 Å². The number of hydrogen-bond donors (Lipinski definition) is 0. The molecule has 0 amide bonds. The highest BCUT2D eigenvalue weighted by Crippen LogP contribution is 2.30. The lowest BCUT2D eigenvalue weighted by molar-refractivity contribution is 0.103. The summed E-state index contributed by atoms with van der Waals surface area (Å²) in [6.45, 7) is 6.93. The summed E-state index contributed by atoms with van der Waals surface area (Å²) in [5.41, 5.74) is 3.02. The zero-order valence-corrected chi connectivity index (χ0v) is 18.9. The Hall–Kier alpha value is -1.89. The van der Waals surface area contributed by atoms with Crippen molar-refractivity contribution >= 4 is 5.78 Å². The summed E-state index contributed by atoms with van der Waals surface area (Å²) in [7, 11) is 0. The lowest BCUT2D eigenvalue weighted by atomic mass is 9.79. The molecule has 158 valence electrons. The molecule has 2 aromatic carbocycles. The molecule has 0 N–H and O–H groups in total. The van der Waals surface area contributed by atoms with Gasteiger partial charge in [0.25, 0.3) is 0 Å². The highest BCUT2D eigenvalue weighted by Gasteiger charge is 2.20. The topological polar surface area (TPSA) is 17.1 Å². The maximum Gasteiger partial charge on any atom is 0.193 e. The molecule has 0 spiro atoms. The lowest BCUT2D eigenvalue weighted by Gasteiger charge is -2.25. The molecule has 1 heteroatoms. The van der Waals surface area contributed by atoms with E-state index in [1.54, 1.807) is 0 Å². The van der Waals surface area contributed by atoms with Gasteiger partial charge in [0, 0.05) is 11.1 Å². The fraction of sp³-hybridized carbons (Fsp3) is 0.536. The van der Waals surface area contributed by atoms with E-state index < -0.39 is 0 Å². The molecule has 1 nitrogen and oxygen atoms in total. The maximum atomic E-state index is 12.6. The van der Waals surface area contributed by atoms with Crippen LogP contribution in [0.5, 0.6) is 0 Å². The van der Waals surface area contributed by atoms with Crippen molar-refractivity contribution < 1.29 is 4.79 Å². The molecule has 0 aliphatic rings. The summed E-state index contributed by atoms with van der Waals surface area (Å²) in [5.74, 6) is 0.102. The van der Waals surface area contributed by atoms with E-state index in [1.807, 2.05) is 42.5 Å². The van der Waals surface area contributed by atoms with Gasteiger partial charge < -0.3 is 0 Å². The zero-order valence-electron chi connectivity index (χ0n) is 18.9. The molecule has 29 heavy (non-hydrogen) atoms. The third-order valence-corrected chi connectivity index (χ3v) is 6.12. The first kappa shape index (κ1) is 23.4. The van der Waals surface area contributed by atoms with E-state index in [0.717, 1.165) is 11.1 Å². The van der Waals surface area contributed by atoms with Crippen molar-refractivity contribution in [1.82, 2.24) is 0 Å². The van der Waals surface area contributed by atoms with Crippen molar-refractivity contribution in [2.45, 2.75) is 96.8 Å². The normalized spacial score (nSPS) is 11.6. The van der Waals surface area contributed by atoms with E-state index in [9.17, 15) is 4.79 Å². The molecule has 0 heterocycles. The number of hydrogen-bond acceptors (Lipinski definition) is 1. The van der Waals surface area contributed by atoms with Crippen LogP contribution in [-0.4, -0.2) is 5.78 Å². The highest BCUT2D eigenvalue weighted by atomic mass is 16.1. The largest absolute Gasteiger partial charge is 0.289 e. The minimum atomic E-state index is 0.102. The number of unbranched alkanes of at least 4 members (excludes halogenated alkanes) is 9. The van der Waals surface area contributed by atoms with E-state index in [4.69, 9.17) is 0 Å². The van der Waals surface area contributed by atoms with E-state index in [0.29, 0.717) is 0 Å². The Morgan fingerprint density at radius 3 is 1.69 bits per heavy atom. The molecule has 2 aromatic rings. The summed E-state index contributed by atoms with van der Waals surface area (Å²) in [6.07, 6.45) is 15.0. The maximum absolute atomic E-state index is 12.6. The van der Waals surface area contributed by atoms with Gasteiger partial charge in [0.05, 0.1) is 0 Å². The summed E-state index contributed by atoms with van der Waals surface area (Å²) < 4.78 is 0. The summed E-state index contributed by atoms with van der Waals surface area (Å²) in [6, 6.07) is 17.8. The van der Waals surface area contributed by atoms with Crippen LogP contribution in [0.1, 0.15) is 113 Å². The molecule has 0 aliphatic carbocycles. The fourth-order valence-corrected chi connectivity index (χ4v) is 4.03. The molecule has 0 unspecified atom stereocenters. The number of carbonyl (C=O) groups is 1. The number of ketones is 1. The van der Waals surface area contributed by atoms with Gasteiger partial charge in [-0.25, -0.2) is 0 Å². The predicted octanol–water partition coefficient (Wildman–Crippen LogP) is 8.51. The molecule has 0 saturated heterocycles. The van der Waals surface area contributed by atoms with Gasteiger partial charge in [-0.2, -0.15) is 0 Å². The lowest BCUT2D eigenvalue weighted by Crippen LogP contribution is -2.17. The Balaban J connectivity index is 1.71.